The highest BCUT2D eigenvalue weighted by molar-refractivity contribution is 6.31. The van der Waals surface area contributed by atoms with Crippen LogP contribution in [-0.2, 0) is 6.54 Å². The quantitative estimate of drug-likeness (QED) is 0.588. The van der Waals surface area contributed by atoms with E-state index in [9.17, 15) is 0 Å². The zero-order valence-electron chi connectivity index (χ0n) is 9.50. The van der Waals surface area contributed by atoms with Crippen LogP contribution >= 0.6 is 11.6 Å². The van der Waals surface area contributed by atoms with E-state index in [1.165, 1.54) is 0 Å². The number of allylic oxidation sites excluding steroid dienone is 1. The second-order valence-electron chi connectivity index (χ2n) is 3.44. The molecule has 0 aliphatic heterocycles. The molecular weight excluding hydrogens is 224 g/mol. The summed E-state index contributed by atoms with van der Waals surface area (Å²) < 4.78 is 5.46. The number of hydrogen-bond acceptors (Lipinski definition) is 3. The predicted molar refractivity (Wildman–Crippen MR) is 66.9 cm³/mol. The number of unbranched alkanes of at least 4 members (excludes halogenated alkanes) is 1. The van der Waals surface area contributed by atoms with Gasteiger partial charge in [-0.1, -0.05) is 17.7 Å². The van der Waals surface area contributed by atoms with Crippen LogP contribution in [0.1, 0.15) is 18.4 Å². The second kappa shape index (κ2) is 7.25. The van der Waals surface area contributed by atoms with Gasteiger partial charge in [-0.3, -0.25) is 0 Å². The SMILES string of the molecule is C=CCCCOc1ncc(CNC)cc1Cl. The summed E-state index contributed by atoms with van der Waals surface area (Å²) >= 11 is 6.04. The Balaban J connectivity index is 2.50. The average Bonchev–Trinajstić information content (AvgIpc) is 2.27. The molecule has 0 aliphatic rings. The van der Waals surface area contributed by atoms with Gasteiger partial charge in [0.15, 0.2) is 0 Å². The van der Waals surface area contributed by atoms with Gasteiger partial charge in [0, 0.05) is 12.7 Å². The lowest BCUT2D eigenvalue weighted by molar-refractivity contribution is 0.300. The van der Waals surface area contributed by atoms with Crippen LogP contribution in [0.4, 0.5) is 0 Å². The van der Waals surface area contributed by atoms with Crippen LogP contribution in [0.5, 0.6) is 5.88 Å². The summed E-state index contributed by atoms with van der Waals surface area (Å²) in [5.74, 6) is 0.505. The fourth-order valence-corrected chi connectivity index (χ4v) is 1.51. The van der Waals surface area contributed by atoms with Crippen molar-refractivity contribution in [2.45, 2.75) is 19.4 Å². The van der Waals surface area contributed by atoms with Crippen LogP contribution in [0, 0.1) is 0 Å². The Morgan fingerprint density at radius 1 is 1.62 bits per heavy atom. The minimum atomic E-state index is 0.505. The molecule has 1 aromatic heterocycles. The molecule has 88 valence electrons. The number of nitrogens with one attached hydrogen (secondary N) is 1. The molecule has 0 spiro atoms. The maximum Gasteiger partial charge on any atom is 0.232 e. The Kier molecular flexibility index (Phi) is 5.90. The standard InChI is InChI=1S/C12H17ClN2O/c1-3-4-5-6-16-12-11(13)7-10(8-14-2)9-15-12/h3,7,9,14H,1,4-6,8H2,2H3. The number of aromatic nitrogens is 1. The Morgan fingerprint density at radius 2 is 2.44 bits per heavy atom. The summed E-state index contributed by atoms with van der Waals surface area (Å²) in [5, 5.41) is 3.60. The molecule has 0 aromatic carbocycles. The third kappa shape index (κ3) is 4.21. The summed E-state index contributed by atoms with van der Waals surface area (Å²) in [6.45, 7) is 5.02. The Labute approximate surface area is 101 Å². The molecule has 0 atom stereocenters. The van der Waals surface area contributed by atoms with E-state index >= 15 is 0 Å². The van der Waals surface area contributed by atoms with Crippen molar-refractivity contribution in [3.8, 4) is 5.88 Å². The number of hydrogen-bond donors (Lipinski definition) is 1. The topological polar surface area (TPSA) is 34.1 Å². The van der Waals surface area contributed by atoms with E-state index in [0.717, 1.165) is 24.9 Å². The molecule has 0 radical (unpaired) electrons. The molecule has 1 heterocycles. The maximum absolute atomic E-state index is 6.04. The van der Waals surface area contributed by atoms with Gasteiger partial charge in [0.05, 0.1) is 6.61 Å². The van der Waals surface area contributed by atoms with Crippen LogP contribution < -0.4 is 10.1 Å². The van der Waals surface area contributed by atoms with Crippen molar-refractivity contribution in [3.63, 3.8) is 0 Å². The first kappa shape index (κ1) is 13.0. The molecule has 0 bridgehead atoms. The van der Waals surface area contributed by atoms with E-state index in [0.29, 0.717) is 17.5 Å². The van der Waals surface area contributed by atoms with E-state index < -0.39 is 0 Å². The van der Waals surface area contributed by atoms with Gasteiger partial charge in [0.1, 0.15) is 5.02 Å². The predicted octanol–water partition coefficient (Wildman–Crippen LogP) is 2.80. The highest BCUT2D eigenvalue weighted by Gasteiger charge is 2.04. The Hall–Kier alpha value is -1.06. The Morgan fingerprint density at radius 3 is 3.06 bits per heavy atom. The van der Waals surface area contributed by atoms with Gasteiger partial charge in [-0.05, 0) is 31.5 Å². The van der Waals surface area contributed by atoms with Gasteiger partial charge in [-0.2, -0.15) is 0 Å². The van der Waals surface area contributed by atoms with Crippen molar-refractivity contribution in [1.29, 1.82) is 0 Å². The minimum absolute atomic E-state index is 0.505. The normalized spacial score (nSPS) is 10.1. The van der Waals surface area contributed by atoms with Crippen molar-refractivity contribution in [2.24, 2.45) is 0 Å². The van der Waals surface area contributed by atoms with Gasteiger partial charge in [-0.15, -0.1) is 6.58 Å². The maximum atomic E-state index is 6.04. The zero-order valence-corrected chi connectivity index (χ0v) is 10.3. The van der Waals surface area contributed by atoms with Crippen molar-refractivity contribution in [1.82, 2.24) is 10.3 Å². The summed E-state index contributed by atoms with van der Waals surface area (Å²) in [5.41, 5.74) is 1.05. The lowest BCUT2D eigenvalue weighted by Crippen LogP contribution is -2.06. The lowest BCUT2D eigenvalue weighted by atomic mass is 10.3. The second-order valence-corrected chi connectivity index (χ2v) is 3.85. The molecule has 0 saturated heterocycles. The number of ether oxygens (including phenoxy) is 1. The van der Waals surface area contributed by atoms with Crippen molar-refractivity contribution in [2.75, 3.05) is 13.7 Å². The minimum Gasteiger partial charge on any atom is -0.477 e. The van der Waals surface area contributed by atoms with Gasteiger partial charge in [0.2, 0.25) is 5.88 Å². The monoisotopic (exact) mass is 240 g/mol. The molecule has 1 N–H and O–H groups in total. The van der Waals surface area contributed by atoms with Crippen LogP contribution in [0.3, 0.4) is 0 Å². The first-order valence-electron chi connectivity index (χ1n) is 5.30. The molecule has 4 heteroatoms. The summed E-state index contributed by atoms with van der Waals surface area (Å²) in [7, 11) is 1.88. The highest BCUT2D eigenvalue weighted by Crippen LogP contribution is 2.22. The molecule has 1 aromatic rings. The molecule has 0 unspecified atom stereocenters. The molecule has 16 heavy (non-hydrogen) atoms. The molecule has 1 rings (SSSR count). The van der Waals surface area contributed by atoms with Crippen molar-refractivity contribution in [3.05, 3.63) is 35.5 Å². The first-order valence-corrected chi connectivity index (χ1v) is 5.68. The number of nitrogens with zero attached hydrogens (tertiary/aromatic N) is 1. The van der Waals surface area contributed by atoms with Crippen LogP contribution in [0.15, 0.2) is 24.9 Å². The molecule has 0 saturated carbocycles. The number of halogens is 1. The molecule has 0 fully saturated rings. The third-order valence-corrected chi connectivity index (χ3v) is 2.31. The Bertz CT molecular complexity index is 342. The molecular formula is C12H17ClN2O. The lowest BCUT2D eigenvalue weighted by Gasteiger charge is -2.07. The van der Waals surface area contributed by atoms with Gasteiger partial charge >= 0.3 is 0 Å². The van der Waals surface area contributed by atoms with Crippen LogP contribution in [0.2, 0.25) is 5.02 Å². The number of rotatable bonds is 7. The molecule has 0 aliphatic carbocycles. The van der Waals surface area contributed by atoms with Crippen molar-refractivity contribution >= 4 is 11.6 Å². The van der Waals surface area contributed by atoms with E-state index in [4.69, 9.17) is 16.3 Å². The average molecular weight is 241 g/mol. The molecule has 0 amide bonds. The fourth-order valence-electron chi connectivity index (χ4n) is 1.27. The van der Waals surface area contributed by atoms with Crippen molar-refractivity contribution < 1.29 is 4.74 Å². The van der Waals surface area contributed by atoms with E-state index in [2.05, 4.69) is 16.9 Å². The summed E-state index contributed by atoms with van der Waals surface area (Å²) in [4.78, 5) is 4.17. The smallest absolute Gasteiger partial charge is 0.232 e. The largest absolute Gasteiger partial charge is 0.477 e. The first-order chi connectivity index (χ1) is 7.77. The molecule has 3 nitrogen and oxygen atoms in total. The fraction of sp³-hybridized carbons (Fsp3) is 0.417. The zero-order chi connectivity index (χ0) is 11.8. The van der Waals surface area contributed by atoms with E-state index in [-0.39, 0.29) is 0 Å². The highest BCUT2D eigenvalue weighted by atomic mass is 35.5. The summed E-state index contributed by atoms with van der Waals surface area (Å²) in [6, 6.07) is 1.87. The van der Waals surface area contributed by atoms with E-state index in [1.54, 1.807) is 6.20 Å². The van der Waals surface area contributed by atoms with Crippen LogP contribution in [0.25, 0.3) is 0 Å². The van der Waals surface area contributed by atoms with Crippen LogP contribution in [-0.4, -0.2) is 18.6 Å². The summed E-state index contributed by atoms with van der Waals surface area (Å²) in [6.07, 6.45) is 5.51. The third-order valence-electron chi connectivity index (χ3n) is 2.04. The van der Waals surface area contributed by atoms with Gasteiger partial charge in [-0.25, -0.2) is 4.98 Å². The van der Waals surface area contributed by atoms with Gasteiger partial charge < -0.3 is 10.1 Å². The number of pyridine rings is 1. The van der Waals surface area contributed by atoms with Gasteiger partial charge in [0.25, 0.3) is 0 Å². The van der Waals surface area contributed by atoms with E-state index in [1.807, 2.05) is 19.2 Å².